The standard InChI is InChI=1S/C23H37N5O3/c1-24-22(26-16-23(28(2)3)8-11-31-12-9-23)25-10-6-7-17-13-19-20(27-17)14-18(29-4)15-21(19)30-5/h13-15,27H,6-12,16H2,1-5H3,(H2,24,25,26). The Bertz CT molecular complexity index is 871. The van der Waals surface area contributed by atoms with Crippen LogP contribution in [0.3, 0.4) is 0 Å². The molecule has 3 rings (SSSR count). The summed E-state index contributed by atoms with van der Waals surface area (Å²) in [7, 11) is 9.46. The molecule has 1 aromatic heterocycles. The zero-order chi connectivity index (χ0) is 22.3. The second kappa shape index (κ2) is 10.7. The fraction of sp³-hybridized carbons (Fsp3) is 0.609. The first-order valence-corrected chi connectivity index (χ1v) is 10.9. The smallest absolute Gasteiger partial charge is 0.191 e. The topological polar surface area (TPSA) is 83.1 Å². The minimum absolute atomic E-state index is 0.111. The van der Waals surface area contributed by atoms with Crippen LogP contribution in [0, 0.1) is 0 Å². The molecule has 0 radical (unpaired) electrons. The van der Waals surface area contributed by atoms with E-state index in [2.05, 4.69) is 45.7 Å². The lowest BCUT2D eigenvalue weighted by Gasteiger charge is -2.43. The number of nitrogens with one attached hydrogen (secondary N) is 3. The third-order valence-electron chi connectivity index (χ3n) is 6.28. The van der Waals surface area contributed by atoms with E-state index in [1.165, 1.54) is 5.69 Å². The number of fused-ring (bicyclic) bond motifs is 1. The van der Waals surface area contributed by atoms with E-state index >= 15 is 0 Å². The van der Waals surface area contributed by atoms with Crippen molar-refractivity contribution in [3.8, 4) is 11.5 Å². The lowest BCUT2D eigenvalue weighted by Crippen LogP contribution is -2.57. The number of aliphatic imine (C=N–C) groups is 1. The van der Waals surface area contributed by atoms with Gasteiger partial charge in [-0.05, 0) is 45.8 Å². The van der Waals surface area contributed by atoms with Crippen LogP contribution in [-0.4, -0.2) is 83.0 Å². The van der Waals surface area contributed by atoms with Crippen LogP contribution in [0.5, 0.6) is 11.5 Å². The maximum Gasteiger partial charge on any atom is 0.191 e. The van der Waals surface area contributed by atoms with Crippen molar-refractivity contribution in [2.45, 2.75) is 31.2 Å². The minimum atomic E-state index is 0.111. The fourth-order valence-electron chi connectivity index (χ4n) is 4.15. The molecule has 0 bridgehead atoms. The number of aryl methyl sites for hydroxylation is 1. The number of aromatic nitrogens is 1. The number of benzene rings is 1. The highest BCUT2D eigenvalue weighted by molar-refractivity contribution is 5.88. The molecule has 1 aromatic carbocycles. The summed E-state index contributed by atoms with van der Waals surface area (Å²) in [5.74, 6) is 2.45. The average Bonchev–Trinajstić information content (AvgIpc) is 3.21. The second-order valence-corrected chi connectivity index (χ2v) is 8.27. The fourth-order valence-corrected chi connectivity index (χ4v) is 4.15. The predicted molar refractivity (Wildman–Crippen MR) is 126 cm³/mol. The SMILES string of the molecule is CN=C(NCCCc1cc2c(OC)cc(OC)cc2[nH]1)NCC1(N(C)C)CCOCC1. The van der Waals surface area contributed by atoms with E-state index in [1.54, 1.807) is 14.2 Å². The van der Waals surface area contributed by atoms with Crippen molar-refractivity contribution in [3.05, 3.63) is 23.9 Å². The molecule has 8 nitrogen and oxygen atoms in total. The number of nitrogens with zero attached hydrogens (tertiary/aromatic N) is 2. The van der Waals surface area contributed by atoms with Crippen molar-refractivity contribution < 1.29 is 14.2 Å². The maximum absolute atomic E-state index is 5.56. The molecule has 0 aliphatic carbocycles. The van der Waals surface area contributed by atoms with Gasteiger partial charge in [-0.2, -0.15) is 0 Å². The third-order valence-corrected chi connectivity index (χ3v) is 6.28. The Morgan fingerprint density at radius 1 is 1.16 bits per heavy atom. The van der Waals surface area contributed by atoms with Crippen LogP contribution >= 0.6 is 0 Å². The first-order chi connectivity index (χ1) is 15.0. The van der Waals surface area contributed by atoms with Crippen molar-refractivity contribution in [2.75, 3.05) is 61.7 Å². The molecule has 1 aliphatic heterocycles. The van der Waals surface area contributed by atoms with Gasteiger partial charge in [0.1, 0.15) is 11.5 Å². The number of aromatic amines is 1. The summed E-state index contributed by atoms with van der Waals surface area (Å²) in [6.45, 7) is 3.32. The monoisotopic (exact) mass is 431 g/mol. The van der Waals surface area contributed by atoms with Crippen LogP contribution in [-0.2, 0) is 11.2 Å². The summed E-state index contributed by atoms with van der Waals surface area (Å²) < 4.78 is 16.4. The molecule has 172 valence electrons. The Hall–Kier alpha value is -2.45. The summed E-state index contributed by atoms with van der Waals surface area (Å²) in [5.41, 5.74) is 2.32. The van der Waals surface area contributed by atoms with Crippen molar-refractivity contribution in [3.63, 3.8) is 0 Å². The van der Waals surface area contributed by atoms with E-state index in [-0.39, 0.29) is 5.54 Å². The molecular formula is C23H37N5O3. The van der Waals surface area contributed by atoms with Crippen LogP contribution in [0.1, 0.15) is 25.0 Å². The number of hydrogen-bond acceptors (Lipinski definition) is 5. The van der Waals surface area contributed by atoms with Gasteiger partial charge in [-0.1, -0.05) is 0 Å². The van der Waals surface area contributed by atoms with Gasteiger partial charge in [0.15, 0.2) is 5.96 Å². The Labute approximate surface area is 185 Å². The molecule has 8 heteroatoms. The van der Waals surface area contributed by atoms with Crippen LogP contribution < -0.4 is 20.1 Å². The number of likely N-dealkylation sites (N-methyl/N-ethyl adjacent to an activating group) is 1. The van der Waals surface area contributed by atoms with E-state index in [0.717, 1.165) is 80.3 Å². The van der Waals surface area contributed by atoms with Crippen molar-refractivity contribution in [1.82, 2.24) is 20.5 Å². The Morgan fingerprint density at radius 3 is 2.58 bits per heavy atom. The van der Waals surface area contributed by atoms with E-state index in [9.17, 15) is 0 Å². The highest BCUT2D eigenvalue weighted by Crippen LogP contribution is 2.31. The van der Waals surface area contributed by atoms with Crippen molar-refractivity contribution in [2.24, 2.45) is 4.99 Å². The molecule has 31 heavy (non-hydrogen) atoms. The summed E-state index contributed by atoms with van der Waals surface area (Å²) in [6.07, 6.45) is 3.97. The molecule has 2 heterocycles. The normalized spacial score (nSPS) is 16.5. The molecule has 1 saturated heterocycles. The van der Waals surface area contributed by atoms with E-state index in [0.29, 0.717) is 0 Å². The molecule has 2 aromatic rings. The van der Waals surface area contributed by atoms with E-state index < -0.39 is 0 Å². The van der Waals surface area contributed by atoms with Gasteiger partial charge in [0.2, 0.25) is 0 Å². The van der Waals surface area contributed by atoms with Gasteiger partial charge < -0.3 is 34.7 Å². The minimum Gasteiger partial charge on any atom is -0.497 e. The molecule has 3 N–H and O–H groups in total. The molecule has 0 spiro atoms. The molecule has 0 amide bonds. The highest BCUT2D eigenvalue weighted by atomic mass is 16.5. The lowest BCUT2D eigenvalue weighted by atomic mass is 9.88. The van der Waals surface area contributed by atoms with Crippen LogP contribution in [0.4, 0.5) is 0 Å². The van der Waals surface area contributed by atoms with Gasteiger partial charge in [-0.15, -0.1) is 0 Å². The second-order valence-electron chi connectivity index (χ2n) is 8.27. The van der Waals surface area contributed by atoms with Gasteiger partial charge in [0, 0.05) is 62.1 Å². The quantitative estimate of drug-likeness (QED) is 0.321. The zero-order valence-corrected chi connectivity index (χ0v) is 19.5. The highest BCUT2D eigenvalue weighted by Gasteiger charge is 2.34. The van der Waals surface area contributed by atoms with Gasteiger partial charge >= 0.3 is 0 Å². The van der Waals surface area contributed by atoms with Gasteiger partial charge in [0.05, 0.1) is 19.7 Å². The van der Waals surface area contributed by atoms with Gasteiger partial charge in [-0.3, -0.25) is 4.99 Å². The number of ether oxygens (including phenoxy) is 3. The molecule has 0 unspecified atom stereocenters. The van der Waals surface area contributed by atoms with Crippen LogP contribution in [0.2, 0.25) is 0 Å². The lowest BCUT2D eigenvalue weighted by molar-refractivity contribution is -0.00501. The van der Waals surface area contributed by atoms with E-state index in [4.69, 9.17) is 14.2 Å². The average molecular weight is 432 g/mol. The summed E-state index contributed by atoms with van der Waals surface area (Å²) in [6, 6.07) is 6.07. The van der Waals surface area contributed by atoms with Crippen LogP contribution in [0.25, 0.3) is 10.9 Å². The molecule has 0 saturated carbocycles. The Morgan fingerprint density at radius 2 is 1.94 bits per heavy atom. The molecule has 0 atom stereocenters. The summed E-state index contributed by atoms with van der Waals surface area (Å²) in [4.78, 5) is 10.2. The number of methoxy groups -OCH3 is 2. The van der Waals surface area contributed by atoms with Crippen LogP contribution in [0.15, 0.2) is 23.2 Å². The molecule has 1 aliphatic rings. The summed E-state index contributed by atoms with van der Waals surface area (Å²) >= 11 is 0. The molecular weight excluding hydrogens is 394 g/mol. The number of guanidine groups is 1. The number of H-pyrrole nitrogens is 1. The Kier molecular flexibility index (Phi) is 8.03. The predicted octanol–water partition coefficient (Wildman–Crippen LogP) is 2.39. The van der Waals surface area contributed by atoms with Crippen molar-refractivity contribution >= 4 is 16.9 Å². The number of hydrogen-bond donors (Lipinski definition) is 3. The third kappa shape index (κ3) is 5.62. The first kappa shape index (κ1) is 23.2. The zero-order valence-electron chi connectivity index (χ0n) is 19.5. The Balaban J connectivity index is 1.50. The number of rotatable bonds is 9. The largest absolute Gasteiger partial charge is 0.497 e. The van der Waals surface area contributed by atoms with Gasteiger partial charge in [0.25, 0.3) is 0 Å². The van der Waals surface area contributed by atoms with E-state index in [1.807, 2.05) is 19.2 Å². The molecule has 1 fully saturated rings. The maximum atomic E-state index is 5.56. The first-order valence-electron chi connectivity index (χ1n) is 10.9. The van der Waals surface area contributed by atoms with Crippen molar-refractivity contribution in [1.29, 1.82) is 0 Å². The van der Waals surface area contributed by atoms with Gasteiger partial charge in [-0.25, -0.2) is 0 Å². The summed E-state index contributed by atoms with van der Waals surface area (Å²) in [5, 5.41) is 8.03.